The fraction of sp³-hybridized carbons (Fsp3) is 0.353. The minimum absolute atomic E-state index is 0.143. The van der Waals surface area contributed by atoms with E-state index in [0.717, 1.165) is 16.8 Å². The van der Waals surface area contributed by atoms with Gasteiger partial charge in [0.05, 0.1) is 12.3 Å². The maximum absolute atomic E-state index is 12.2. The zero-order valence-corrected chi connectivity index (χ0v) is 14.2. The van der Waals surface area contributed by atoms with Crippen molar-refractivity contribution in [3.8, 4) is 11.7 Å². The third kappa shape index (κ3) is 4.04. The van der Waals surface area contributed by atoms with Crippen molar-refractivity contribution in [3.05, 3.63) is 45.9 Å². The third-order valence-corrected chi connectivity index (χ3v) is 3.81. The number of halogens is 3. The zero-order valence-electron chi connectivity index (χ0n) is 14.2. The average Bonchev–Trinajstić information content (AvgIpc) is 2.95. The first-order valence-electron chi connectivity index (χ1n) is 8.00. The molecule has 2 heterocycles. The van der Waals surface area contributed by atoms with Crippen LogP contribution in [-0.2, 0) is 0 Å². The highest BCUT2D eigenvalue weighted by Crippen LogP contribution is 2.21. The van der Waals surface area contributed by atoms with E-state index in [-0.39, 0.29) is 30.1 Å². The van der Waals surface area contributed by atoms with Crippen molar-refractivity contribution in [2.45, 2.75) is 32.9 Å². The van der Waals surface area contributed by atoms with Crippen molar-refractivity contribution in [2.24, 2.45) is 0 Å². The molecule has 0 aliphatic carbocycles. The Morgan fingerprint density at radius 1 is 1.27 bits per heavy atom. The molecule has 26 heavy (non-hydrogen) atoms. The average molecular weight is 366 g/mol. The second-order valence-electron chi connectivity index (χ2n) is 6.04. The Kier molecular flexibility index (Phi) is 4.71. The van der Waals surface area contributed by atoms with E-state index in [1.165, 1.54) is 0 Å². The van der Waals surface area contributed by atoms with Gasteiger partial charge in [-0.1, -0.05) is 17.7 Å². The van der Waals surface area contributed by atoms with Crippen LogP contribution in [0, 0.1) is 13.8 Å². The van der Waals surface area contributed by atoms with Crippen LogP contribution in [0.3, 0.4) is 0 Å². The van der Waals surface area contributed by atoms with Gasteiger partial charge in [0.15, 0.2) is 5.65 Å². The molecule has 0 fully saturated rings. The lowest BCUT2D eigenvalue weighted by Gasteiger charge is -2.06. The lowest BCUT2D eigenvalue weighted by Crippen LogP contribution is -2.13. The van der Waals surface area contributed by atoms with Gasteiger partial charge in [0, 0.05) is 12.6 Å². The van der Waals surface area contributed by atoms with Gasteiger partial charge in [0.25, 0.3) is 11.6 Å². The first kappa shape index (κ1) is 18.0. The van der Waals surface area contributed by atoms with Gasteiger partial charge in [-0.3, -0.25) is 9.78 Å². The summed E-state index contributed by atoms with van der Waals surface area (Å²) in [4.78, 5) is 18.7. The number of aromatic amines is 1. The summed E-state index contributed by atoms with van der Waals surface area (Å²) < 4.78 is 43.1. The topological polar surface area (TPSA) is 72.8 Å². The van der Waals surface area contributed by atoms with Crippen molar-refractivity contribution < 1.29 is 17.9 Å². The quantitative estimate of drug-likeness (QED) is 0.702. The summed E-state index contributed by atoms with van der Waals surface area (Å²) in [5, 5.41) is 4.56. The molecule has 3 aromatic rings. The molecule has 0 unspecified atom stereocenters. The molecule has 0 saturated carbocycles. The van der Waals surface area contributed by atoms with Gasteiger partial charge < -0.3 is 4.74 Å². The van der Waals surface area contributed by atoms with Crippen LogP contribution in [0.2, 0.25) is 0 Å². The first-order chi connectivity index (χ1) is 12.2. The van der Waals surface area contributed by atoms with E-state index in [1.807, 2.05) is 32.0 Å². The minimum atomic E-state index is -4.24. The molecule has 1 N–H and O–H groups in total. The van der Waals surface area contributed by atoms with Crippen molar-refractivity contribution in [2.75, 3.05) is 6.61 Å². The number of hydrogen-bond acceptors (Lipinski definition) is 4. The number of alkyl halides is 3. The Balaban J connectivity index is 1.84. The lowest BCUT2D eigenvalue weighted by atomic mass is 10.1. The predicted octanol–water partition coefficient (Wildman–Crippen LogP) is 3.45. The summed E-state index contributed by atoms with van der Waals surface area (Å²) in [5.74, 6) is 0. The van der Waals surface area contributed by atoms with Crippen LogP contribution in [0.5, 0.6) is 6.01 Å². The summed E-state index contributed by atoms with van der Waals surface area (Å²) in [6.07, 6.45) is -3.85. The number of nitrogens with zero attached hydrogens (tertiary/aromatic N) is 3. The maximum atomic E-state index is 12.2. The standard InChI is InChI=1S/C17H17F3N4O2/c1-10-4-5-13(11(2)8-10)24-9-12-14(23-24)21-16(22-15(12)25)26-7-3-6-17(18,19)20/h4-5,8-9H,3,6-7H2,1-2H3,(H,21,22,23,25). The molecule has 9 heteroatoms. The van der Waals surface area contributed by atoms with Gasteiger partial charge in [-0.2, -0.15) is 18.2 Å². The number of H-pyrrole nitrogens is 1. The molecule has 0 bridgehead atoms. The molecule has 138 valence electrons. The Bertz CT molecular complexity index is 992. The van der Waals surface area contributed by atoms with E-state index in [4.69, 9.17) is 4.74 Å². The third-order valence-electron chi connectivity index (χ3n) is 3.81. The van der Waals surface area contributed by atoms with E-state index < -0.39 is 18.2 Å². The second kappa shape index (κ2) is 6.81. The monoisotopic (exact) mass is 366 g/mol. The molecular formula is C17H17F3N4O2. The molecule has 0 saturated heterocycles. The van der Waals surface area contributed by atoms with Gasteiger partial charge in [0.2, 0.25) is 0 Å². The zero-order chi connectivity index (χ0) is 18.9. The van der Waals surface area contributed by atoms with Crippen LogP contribution in [-0.4, -0.2) is 32.5 Å². The Morgan fingerprint density at radius 3 is 2.73 bits per heavy atom. The number of hydrogen-bond donors (Lipinski definition) is 1. The number of fused-ring (bicyclic) bond motifs is 1. The molecule has 0 aliphatic heterocycles. The summed E-state index contributed by atoms with van der Waals surface area (Å²) >= 11 is 0. The largest absolute Gasteiger partial charge is 0.465 e. The highest BCUT2D eigenvalue weighted by molar-refractivity contribution is 5.73. The number of aromatic nitrogens is 4. The molecular weight excluding hydrogens is 349 g/mol. The molecule has 0 aliphatic rings. The van der Waals surface area contributed by atoms with Crippen LogP contribution < -0.4 is 10.3 Å². The molecule has 0 atom stereocenters. The van der Waals surface area contributed by atoms with Gasteiger partial charge >= 0.3 is 6.18 Å². The fourth-order valence-electron chi connectivity index (χ4n) is 2.59. The molecule has 0 spiro atoms. The lowest BCUT2D eigenvalue weighted by molar-refractivity contribution is -0.136. The number of ether oxygens (including phenoxy) is 1. The van der Waals surface area contributed by atoms with Gasteiger partial charge in [-0.05, 0) is 31.9 Å². The molecule has 1 aromatic carbocycles. The molecule has 3 rings (SSSR count). The van der Waals surface area contributed by atoms with E-state index in [2.05, 4.69) is 15.1 Å². The Morgan fingerprint density at radius 2 is 2.04 bits per heavy atom. The van der Waals surface area contributed by atoms with E-state index in [9.17, 15) is 18.0 Å². The van der Waals surface area contributed by atoms with Gasteiger partial charge in [0.1, 0.15) is 5.39 Å². The number of aryl methyl sites for hydroxylation is 2. The summed E-state index contributed by atoms with van der Waals surface area (Å²) in [7, 11) is 0. The van der Waals surface area contributed by atoms with Gasteiger partial charge in [-0.15, -0.1) is 5.10 Å². The second-order valence-corrected chi connectivity index (χ2v) is 6.04. The van der Waals surface area contributed by atoms with E-state index in [0.29, 0.717) is 0 Å². The van der Waals surface area contributed by atoms with Crippen LogP contribution in [0.25, 0.3) is 16.7 Å². The van der Waals surface area contributed by atoms with Crippen molar-refractivity contribution in [1.82, 2.24) is 19.7 Å². The van der Waals surface area contributed by atoms with Crippen molar-refractivity contribution in [3.63, 3.8) is 0 Å². The van der Waals surface area contributed by atoms with Crippen LogP contribution in [0.15, 0.2) is 29.2 Å². The SMILES string of the molecule is Cc1ccc(-n2cc3c(=O)[nH]c(OCCCC(F)(F)F)nc3n2)c(C)c1. The number of benzene rings is 1. The molecule has 0 amide bonds. The van der Waals surface area contributed by atoms with Crippen molar-refractivity contribution in [1.29, 1.82) is 0 Å². The van der Waals surface area contributed by atoms with E-state index >= 15 is 0 Å². The van der Waals surface area contributed by atoms with Gasteiger partial charge in [-0.25, -0.2) is 4.68 Å². The Hall–Kier alpha value is -2.84. The normalized spacial score (nSPS) is 11.9. The first-order valence-corrected chi connectivity index (χ1v) is 8.00. The maximum Gasteiger partial charge on any atom is 0.389 e. The molecule has 0 radical (unpaired) electrons. The smallest absolute Gasteiger partial charge is 0.389 e. The highest BCUT2D eigenvalue weighted by Gasteiger charge is 2.26. The number of nitrogens with one attached hydrogen (secondary N) is 1. The van der Waals surface area contributed by atoms with Crippen molar-refractivity contribution >= 4 is 11.0 Å². The summed E-state index contributed by atoms with van der Waals surface area (Å²) in [6, 6.07) is 5.67. The van der Waals surface area contributed by atoms with Crippen LogP contribution in [0.1, 0.15) is 24.0 Å². The highest BCUT2D eigenvalue weighted by atomic mass is 19.4. The predicted molar refractivity (Wildman–Crippen MR) is 89.7 cm³/mol. The fourth-order valence-corrected chi connectivity index (χ4v) is 2.59. The number of rotatable bonds is 5. The van der Waals surface area contributed by atoms with Crippen LogP contribution in [0.4, 0.5) is 13.2 Å². The molecule has 6 nitrogen and oxygen atoms in total. The van der Waals surface area contributed by atoms with Crippen LogP contribution >= 0.6 is 0 Å². The summed E-state index contributed by atoms with van der Waals surface area (Å²) in [6.45, 7) is 3.71. The summed E-state index contributed by atoms with van der Waals surface area (Å²) in [5.41, 5.74) is 2.60. The minimum Gasteiger partial charge on any atom is -0.465 e. The molecule has 2 aromatic heterocycles. The van der Waals surface area contributed by atoms with E-state index in [1.54, 1.807) is 10.9 Å². The Labute approximate surface area is 146 Å².